The van der Waals surface area contributed by atoms with Crippen molar-refractivity contribution in [3.8, 4) is 0 Å². The summed E-state index contributed by atoms with van der Waals surface area (Å²) in [6, 6.07) is 11.6. The van der Waals surface area contributed by atoms with Crippen molar-refractivity contribution >= 4 is 39.1 Å². The van der Waals surface area contributed by atoms with Crippen LogP contribution in [0.3, 0.4) is 0 Å². The number of carbonyl (C=O) groups excluding carboxylic acids is 2. The normalized spacial score (nSPS) is 12.4. The van der Waals surface area contributed by atoms with Crippen LogP contribution in [0.2, 0.25) is 5.02 Å². The van der Waals surface area contributed by atoms with Crippen LogP contribution in [0.4, 0.5) is 5.69 Å². The number of para-hydroxylation sites is 1. The third-order valence-corrected chi connectivity index (χ3v) is 6.82. The average molecular weight is 508 g/mol. The van der Waals surface area contributed by atoms with Crippen molar-refractivity contribution in [3.63, 3.8) is 0 Å². The number of nitrogens with zero attached hydrogens (tertiary/aromatic N) is 2. The highest BCUT2D eigenvalue weighted by Crippen LogP contribution is 2.27. The van der Waals surface area contributed by atoms with E-state index in [9.17, 15) is 18.0 Å². The molecule has 0 aliphatic carbocycles. The molecule has 0 aliphatic rings. The van der Waals surface area contributed by atoms with Crippen molar-refractivity contribution in [1.29, 1.82) is 0 Å². The molecule has 0 heterocycles. The minimum absolute atomic E-state index is 0.101. The molecule has 2 aromatic rings. The molecular formula is C25H34ClN3O4S. The van der Waals surface area contributed by atoms with Gasteiger partial charge in [-0.1, -0.05) is 48.9 Å². The monoisotopic (exact) mass is 507 g/mol. The summed E-state index contributed by atoms with van der Waals surface area (Å²) in [4.78, 5) is 28.1. The molecular weight excluding hydrogens is 474 g/mol. The summed E-state index contributed by atoms with van der Waals surface area (Å²) >= 11 is 6.01. The maximum atomic E-state index is 13.7. The van der Waals surface area contributed by atoms with E-state index < -0.39 is 28.5 Å². The van der Waals surface area contributed by atoms with Gasteiger partial charge in [-0.25, -0.2) is 8.42 Å². The molecule has 186 valence electrons. The van der Waals surface area contributed by atoms with Gasteiger partial charge < -0.3 is 10.2 Å². The zero-order valence-corrected chi connectivity index (χ0v) is 22.2. The van der Waals surface area contributed by atoms with Gasteiger partial charge in [0.2, 0.25) is 21.8 Å². The molecule has 0 spiro atoms. The van der Waals surface area contributed by atoms with Gasteiger partial charge in [-0.05, 0) is 62.9 Å². The van der Waals surface area contributed by atoms with E-state index in [4.69, 9.17) is 11.6 Å². The first-order valence-corrected chi connectivity index (χ1v) is 13.5. The van der Waals surface area contributed by atoms with Gasteiger partial charge >= 0.3 is 0 Å². The zero-order chi connectivity index (χ0) is 25.6. The Morgan fingerprint density at radius 3 is 2.06 bits per heavy atom. The molecule has 0 unspecified atom stereocenters. The summed E-state index contributed by atoms with van der Waals surface area (Å²) in [6.07, 6.45) is 1.46. The van der Waals surface area contributed by atoms with Crippen molar-refractivity contribution in [2.24, 2.45) is 0 Å². The highest BCUT2D eigenvalue weighted by Gasteiger charge is 2.32. The molecule has 2 rings (SSSR count). The second kappa shape index (κ2) is 11.7. The largest absolute Gasteiger partial charge is 0.352 e. The Morgan fingerprint density at radius 2 is 1.59 bits per heavy atom. The van der Waals surface area contributed by atoms with E-state index >= 15 is 0 Å². The molecule has 2 amide bonds. The van der Waals surface area contributed by atoms with Gasteiger partial charge in [-0.2, -0.15) is 0 Å². The minimum atomic E-state index is -3.77. The van der Waals surface area contributed by atoms with Gasteiger partial charge in [0.05, 0.1) is 11.9 Å². The van der Waals surface area contributed by atoms with E-state index in [1.165, 1.54) is 4.90 Å². The number of aryl methyl sites for hydroxylation is 2. The van der Waals surface area contributed by atoms with Crippen LogP contribution in [0.15, 0.2) is 42.5 Å². The predicted molar refractivity (Wildman–Crippen MR) is 137 cm³/mol. The number of hydrogen-bond donors (Lipinski definition) is 1. The van der Waals surface area contributed by atoms with E-state index in [0.717, 1.165) is 27.3 Å². The van der Waals surface area contributed by atoms with E-state index in [2.05, 4.69) is 5.32 Å². The third-order valence-electron chi connectivity index (χ3n) is 5.45. The SMILES string of the molecule is CC[C@H](C(=O)NC(C)C)N(Cc1ccc(Cl)cc1)C(=O)CN(c1c(C)cccc1C)S(C)(=O)=O. The number of nitrogens with one attached hydrogen (secondary N) is 1. The van der Waals surface area contributed by atoms with Crippen LogP contribution in [0.25, 0.3) is 0 Å². The first-order valence-electron chi connectivity index (χ1n) is 11.2. The number of benzene rings is 2. The third kappa shape index (κ3) is 7.21. The highest BCUT2D eigenvalue weighted by atomic mass is 35.5. The number of halogens is 1. The Morgan fingerprint density at radius 1 is 1.03 bits per heavy atom. The zero-order valence-electron chi connectivity index (χ0n) is 20.6. The van der Waals surface area contributed by atoms with Crippen LogP contribution in [0.1, 0.15) is 43.9 Å². The van der Waals surface area contributed by atoms with Gasteiger partial charge in [0, 0.05) is 17.6 Å². The van der Waals surface area contributed by atoms with Crippen LogP contribution in [-0.2, 0) is 26.2 Å². The lowest BCUT2D eigenvalue weighted by molar-refractivity contribution is -0.140. The van der Waals surface area contributed by atoms with Gasteiger partial charge in [0.15, 0.2) is 0 Å². The maximum absolute atomic E-state index is 13.7. The van der Waals surface area contributed by atoms with Gasteiger partial charge in [0.25, 0.3) is 0 Å². The summed E-state index contributed by atoms with van der Waals surface area (Å²) in [5.41, 5.74) is 2.75. The van der Waals surface area contributed by atoms with Gasteiger partial charge in [-0.15, -0.1) is 0 Å². The number of sulfonamides is 1. The van der Waals surface area contributed by atoms with Gasteiger partial charge in [0.1, 0.15) is 12.6 Å². The Kier molecular flexibility index (Phi) is 9.53. The highest BCUT2D eigenvalue weighted by molar-refractivity contribution is 7.92. The van der Waals surface area contributed by atoms with Gasteiger partial charge in [-0.3, -0.25) is 13.9 Å². The van der Waals surface area contributed by atoms with Crippen LogP contribution in [0, 0.1) is 13.8 Å². The molecule has 2 aromatic carbocycles. The number of rotatable bonds is 10. The lowest BCUT2D eigenvalue weighted by atomic mass is 10.1. The Labute approximate surface area is 208 Å². The summed E-state index contributed by atoms with van der Waals surface area (Å²) in [5, 5.41) is 3.43. The maximum Gasteiger partial charge on any atom is 0.244 e. The van der Waals surface area contributed by atoms with Crippen LogP contribution >= 0.6 is 11.6 Å². The molecule has 0 fully saturated rings. The first-order chi connectivity index (χ1) is 15.8. The molecule has 1 atom stereocenters. The second-order valence-corrected chi connectivity index (χ2v) is 11.1. The Hall–Kier alpha value is -2.58. The fourth-order valence-corrected chi connectivity index (χ4v) is 4.95. The van der Waals surface area contributed by atoms with Crippen molar-refractivity contribution in [2.75, 3.05) is 17.1 Å². The summed E-state index contributed by atoms with van der Waals surface area (Å²) in [5.74, 6) is -0.744. The molecule has 34 heavy (non-hydrogen) atoms. The van der Waals surface area contributed by atoms with Crippen molar-refractivity contribution in [1.82, 2.24) is 10.2 Å². The fourth-order valence-electron chi connectivity index (χ4n) is 3.86. The molecule has 0 radical (unpaired) electrons. The number of anilines is 1. The number of carbonyl (C=O) groups is 2. The molecule has 1 N–H and O–H groups in total. The molecule has 0 aromatic heterocycles. The van der Waals surface area contributed by atoms with Crippen LogP contribution in [-0.4, -0.2) is 50.0 Å². The summed E-state index contributed by atoms with van der Waals surface area (Å²) < 4.78 is 26.7. The lowest BCUT2D eigenvalue weighted by Gasteiger charge is -2.34. The van der Waals surface area contributed by atoms with Crippen LogP contribution < -0.4 is 9.62 Å². The van der Waals surface area contributed by atoms with E-state index in [1.54, 1.807) is 50.2 Å². The van der Waals surface area contributed by atoms with Crippen molar-refractivity contribution in [3.05, 3.63) is 64.2 Å². The standard InChI is InChI=1S/C25H34ClN3O4S/c1-7-22(25(31)27-17(2)3)28(15-20-11-13-21(26)14-12-20)23(30)16-29(34(6,32)33)24-18(4)9-8-10-19(24)5/h8-14,17,22H,7,15-16H2,1-6H3,(H,27,31)/t22-/m1/s1. The fraction of sp³-hybridized carbons (Fsp3) is 0.440. The topological polar surface area (TPSA) is 86.8 Å². The Balaban J connectivity index is 2.49. The molecule has 0 bridgehead atoms. The summed E-state index contributed by atoms with van der Waals surface area (Å²) in [6.45, 7) is 8.87. The average Bonchev–Trinajstić information content (AvgIpc) is 2.72. The molecule has 7 nitrogen and oxygen atoms in total. The molecule has 0 aliphatic heterocycles. The van der Waals surface area contributed by atoms with Crippen molar-refractivity contribution in [2.45, 2.75) is 59.7 Å². The predicted octanol–water partition coefficient (Wildman–Crippen LogP) is 4.05. The van der Waals surface area contributed by atoms with E-state index in [0.29, 0.717) is 17.1 Å². The summed E-state index contributed by atoms with van der Waals surface area (Å²) in [7, 11) is -3.77. The first kappa shape index (κ1) is 27.7. The second-order valence-electron chi connectivity index (χ2n) is 8.75. The lowest BCUT2D eigenvalue weighted by Crippen LogP contribution is -2.53. The van der Waals surface area contributed by atoms with Crippen LogP contribution in [0.5, 0.6) is 0 Å². The van der Waals surface area contributed by atoms with E-state index in [1.807, 2.05) is 26.8 Å². The minimum Gasteiger partial charge on any atom is -0.352 e. The van der Waals surface area contributed by atoms with E-state index in [-0.39, 0.29) is 18.5 Å². The molecule has 0 saturated carbocycles. The molecule has 0 saturated heterocycles. The number of amides is 2. The Bertz CT molecular complexity index is 1100. The smallest absolute Gasteiger partial charge is 0.244 e. The quantitative estimate of drug-likeness (QED) is 0.525. The van der Waals surface area contributed by atoms with Crippen molar-refractivity contribution < 1.29 is 18.0 Å². The number of hydrogen-bond acceptors (Lipinski definition) is 4. The molecule has 9 heteroatoms.